The number of pyridine rings is 2. The largest absolute Gasteiger partial charge is 0.457 e. The van der Waals surface area contributed by atoms with Crippen molar-refractivity contribution in [1.82, 2.24) is 9.97 Å². The Morgan fingerprint density at radius 3 is 2.42 bits per heavy atom. The fourth-order valence-electron chi connectivity index (χ4n) is 2.79. The van der Waals surface area contributed by atoms with Crippen LogP contribution in [-0.2, 0) is 11.3 Å². The average molecular weight is 340 g/mol. The van der Waals surface area contributed by atoms with Crippen LogP contribution in [0.15, 0.2) is 85.1 Å². The van der Waals surface area contributed by atoms with Gasteiger partial charge in [-0.3, -0.25) is 4.98 Å². The number of para-hydroxylation sites is 1. The molecular formula is C22H16N2O2. The first-order valence-electron chi connectivity index (χ1n) is 8.33. The maximum absolute atomic E-state index is 12.7. The second kappa shape index (κ2) is 7.15. The molecule has 2 aromatic carbocycles. The van der Waals surface area contributed by atoms with E-state index in [1.54, 1.807) is 12.3 Å². The highest BCUT2D eigenvalue weighted by Gasteiger charge is 2.15. The van der Waals surface area contributed by atoms with Crippen molar-refractivity contribution < 1.29 is 9.53 Å². The first kappa shape index (κ1) is 16.0. The van der Waals surface area contributed by atoms with Gasteiger partial charge in [0.2, 0.25) is 0 Å². The molecular weight excluding hydrogens is 324 g/mol. The number of hydrogen-bond acceptors (Lipinski definition) is 4. The number of aromatic nitrogens is 2. The van der Waals surface area contributed by atoms with Gasteiger partial charge < -0.3 is 4.74 Å². The molecule has 0 atom stereocenters. The van der Waals surface area contributed by atoms with Crippen LogP contribution < -0.4 is 0 Å². The second-order valence-corrected chi connectivity index (χ2v) is 5.85. The summed E-state index contributed by atoms with van der Waals surface area (Å²) in [5, 5.41) is 0.769. The van der Waals surface area contributed by atoms with E-state index in [0.717, 1.165) is 22.2 Å². The predicted molar refractivity (Wildman–Crippen MR) is 101 cm³/mol. The van der Waals surface area contributed by atoms with E-state index < -0.39 is 0 Å². The van der Waals surface area contributed by atoms with Gasteiger partial charge in [0, 0.05) is 11.6 Å². The van der Waals surface area contributed by atoms with Crippen molar-refractivity contribution >= 4 is 16.9 Å². The van der Waals surface area contributed by atoms with Gasteiger partial charge in [0.15, 0.2) is 0 Å². The van der Waals surface area contributed by atoms with Gasteiger partial charge in [-0.05, 0) is 29.8 Å². The van der Waals surface area contributed by atoms with E-state index in [1.165, 1.54) is 0 Å². The van der Waals surface area contributed by atoms with E-state index >= 15 is 0 Å². The van der Waals surface area contributed by atoms with Crippen molar-refractivity contribution in [1.29, 1.82) is 0 Å². The van der Waals surface area contributed by atoms with Crippen molar-refractivity contribution in [2.75, 3.05) is 0 Å². The Hall–Kier alpha value is -3.53. The highest BCUT2D eigenvalue weighted by molar-refractivity contribution is 6.04. The molecule has 0 aliphatic rings. The lowest BCUT2D eigenvalue weighted by Gasteiger charge is -2.10. The molecule has 0 bridgehead atoms. The van der Waals surface area contributed by atoms with Crippen molar-refractivity contribution in [2.24, 2.45) is 0 Å². The third kappa shape index (κ3) is 3.30. The zero-order chi connectivity index (χ0) is 17.8. The summed E-state index contributed by atoms with van der Waals surface area (Å²) in [6.45, 7) is 0.231. The van der Waals surface area contributed by atoms with Crippen LogP contribution in [0.1, 0.15) is 15.9 Å². The number of fused-ring (bicyclic) bond motifs is 1. The molecule has 0 saturated carbocycles. The van der Waals surface area contributed by atoms with Gasteiger partial charge in [0.1, 0.15) is 6.61 Å². The van der Waals surface area contributed by atoms with Crippen LogP contribution in [0, 0.1) is 0 Å². The zero-order valence-electron chi connectivity index (χ0n) is 14.0. The number of hydrogen-bond donors (Lipinski definition) is 0. The SMILES string of the molecule is O=C(OCc1ccccc1)c1cc(-c2ccccn2)nc2ccccc12. The fourth-order valence-corrected chi connectivity index (χ4v) is 2.79. The Morgan fingerprint density at radius 1 is 0.846 bits per heavy atom. The molecule has 0 radical (unpaired) electrons. The highest BCUT2D eigenvalue weighted by atomic mass is 16.5. The van der Waals surface area contributed by atoms with Crippen molar-refractivity contribution in [2.45, 2.75) is 6.61 Å². The second-order valence-electron chi connectivity index (χ2n) is 5.85. The molecule has 0 N–H and O–H groups in total. The van der Waals surface area contributed by atoms with Gasteiger partial charge in [0.05, 0.1) is 22.5 Å². The third-order valence-corrected chi connectivity index (χ3v) is 4.08. The summed E-state index contributed by atoms with van der Waals surface area (Å²) in [4.78, 5) is 21.7. The van der Waals surface area contributed by atoms with E-state index in [9.17, 15) is 4.79 Å². The van der Waals surface area contributed by atoms with Crippen LogP contribution in [0.25, 0.3) is 22.3 Å². The fraction of sp³-hybridized carbons (Fsp3) is 0.0455. The Bertz CT molecular complexity index is 1050. The number of rotatable bonds is 4. The zero-order valence-corrected chi connectivity index (χ0v) is 14.0. The Labute approximate surface area is 151 Å². The maximum atomic E-state index is 12.7. The number of esters is 1. The summed E-state index contributed by atoms with van der Waals surface area (Å²) >= 11 is 0. The van der Waals surface area contributed by atoms with Gasteiger partial charge in [0.25, 0.3) is 0 Å². The number of ether oxygens (including phenoxy) is 1. The van der Waals surface area contributed by atoms with Crippen molar-refractivity contribution in [3.8, 4) is 11.4 Å². The lowest BCUT2D eigenvalue weighted by Crippen LogP contribution is -2.07. The number of carbonyl (C=O) groups is 1. The molecule has 0 spiro atoms. The maximum Gasteiger partial charge on any atom is 0.339 e. The molecule has 4 rings (SSSR count). The van der Waals surface area contributed by atoms with Gasteiger partial charge >= 0.3 is 5.97 Å². The van der Waals surface area contributed by atoms with Gasteiger partial charge in [-0.2, -0.15) is 0 Å². The smallest absolute Gasteiger partial charge is 0.339 e. The monoisotopic (exact) mass is 340 g/mol. The van der Waals surface area contributed by atoms with E-state index in [4.69, 9.17) is 4.74 Å². The van der Waals surface area contributed by atoms with Gasteiger partial charge in [-0.1, -0.05) is 54.6 Å². The molecule has 0 unspecified atom stereocenters. The minimum Gasteiger partial charge on any atom is -0.457 e. The number of nitrogens with zero attached hydrogens (tertiary/aromatic N) is 2. The Morgan fingerprint density at radius 2 is 1.62 bits per heavy atom. The van der Waals surface area contributed by atoms with E-state index in [2.05, 4.69) is 9.97 Å². The van der Waals surface area contributed by atoms with Gasteiger partial charge in [-0.15, -0.1) is 0 Å². The molecule has 4 heteroatoms. The lowest BCUT2D eigenvalue weighted by atomic mass is 10.1. The molecule has 0 fully saturated rings. The van der Waals surface area contributed by atoms with Crippen LogP contribution in [-0.4, -0.2) is 15.9 Å². The first-order valence-corrected chi connectivity index (χ1v) is 8.33. The highest BCUT2D eigenvalue weighted by Crippen LogP contribution is 2.24. The van der Waals surface area contributed by atoms with Crippen LogP contribution in [0.5, 0.6) is 0 Å². The first-order chi connectivity index (χ1) is 12.8. The molecule has 0 aliphatic heterocycles. The van der Waals surface area contributed by atoms with Crippen molar-refractivity contribution in [3.05, 3.63) is 96.2 Å². The topological polar surface area (TPSA) is 52.1 Å². The van der Waals surface area contributed by atoms with E-state index in [0.29, 0.717) is 11.3 Å². The third-order valence-electron chi connectivity index (χ3n) is 4.08. The van der Waals surface area contributed by atoms with E-state index in [1.807, 2.05) is 72.8 Å². The molecule has 126 valence electrons. The summed E-state index contributed by atoms with van der Waals surface area (Å²) in [6, 6.07) is 24.5. The lowest BCUT2D eigenvalue weighted by molar-refractivity contribution is 0.0475. The number of benzene rings is 2. The van der Waals surface area contributed by atoms with E-state index in [-0.39, 0.29) is 12.6 Å². The molecule has 0 amide bonds. The van der Waals surface area contributed by atoms with Gasteiger partial charge in [-0.25, -0.2) is 9.78 Å². The molecule has 4 aromatic rings. The average Bonchev–Trinajstić information content (AvgIpc) is 2.72. The Balaban J connectivity index is 1.72. The van der Waals surface area contributed by atoms with Crippen LogP contribution in [0.4, 0.5) is 0 Å². The number of carbonyl (C=O) groups excluding carboxylic acids is 1. The summed E-state index contributed by atoms with van der Waals surface area (Å²) in [7, 11) is 0. The quantitative estimate of drug-likeness (QED) is 0.507. The minimum atomic E-state index is -0.371. The summed E-state index contributed by atoms with van der Waals surface area (Å²) in [6.07, 6.45) is 1.71. The summed E-state index contributed by atoms with van der Waals surface area (Å²) in [5.41, 5.74) is 3.55. The van der Waals surface area contributed by atoms with Crippen LogP contribution in [0.3, 0.4) is 0 Å². The minimum absolute atomic E-state index is 0.231. The summed E-state index contributed by atoms with van der Waals surface area (Å²) < 4.78 is 5.53. The predicted octanol–water partition coefficient (Wildman–Crippen LogP) is 4.65. The van der Waals surface area contributed by atoms with Crippen LogP contribution in [0.2, 0.25) is 0 Å². The molecule has 4 nitrogen and oxygen atoms in total. The molecule has 26 heavy (non-hydrogen) atoms. The molecule has 2 heterocycles. The molecule has 2 aromatic heterocycles. The molecule has 0 aliphatic carbocycles. The van der Waals surface area contributed by atoms with Crippen molar-refractivity contribution in [3.63, 3.8) is 0 Å². The normalized spacial score (nSPS) is 10.6. The molecule has 0 saturated heterocycles. The summed E-state index contributed by atoms with van der Waals surface area (Å²) in [5.74, 6) is -0.371. The standard InChI is InChI=1S/C22H16N2O2/c25-22(26-15-16-8-2-1-3-9-16)18-14-21(20-12-6-7-13-23-20)24-19-11-5-4-10-17(18)19/h1-14H,15H2. The van der Waals surface area contributed by atoms with Crippen LogP contribution >= 0.6 is 0 Å². The Kier molecular flexibility index (Phi) is 4.39.